The molecule has 0 saturated carbocycles. The molecule has 37 heavy (non-hydrogen) atoms. The van der Waals surface area contributed by atoms with Crippen molar-refractivity contribution in [3.05, 3.63) is 125 Å². The molecule has 6 nitrogen and oxygen atoms in total. The summed E-state index contributed by atoms with van der Waals surface area (Å²) in [5.41, 5.74) is 4.45. The fraction of sp³-hybridized carbons (Fsp3) is 0.233. The summed E-state index contributed by atoms with van der Waals surface area (Å²) in [6.07, 6.45) is 1.12. The number of rotatable bonds is 7. The number of nitrogens with one attached hydrogen (secondary N) is 2. The van der Waals surface area contributed by atoms with E-state index in [0.29, 0.717) is 18.3 Å². The van der Waals surface area contributed by atoms with Crippen LogP contribution in [0.5, 0.6) is 0 Å². The SMILES string of the molecule is SC(c1ccccc1)(c1ccc(C2CCNCC2OCc2ccc3ccccc3c2)cc1)c1nn[nH]n1. The minimum Gasteiger partial charge on any atom is -0.372 e. The number of aromatic amines is 1. The zero-order chi connectivity index (χ0) is 25.1. The Bertz CT molecular complexity index is 1460. The van der Waals surface area contributed by atoms with Crippen LogP contribution in [-0.2, 0) is 16.1 Å². The number of H-pyrrole nitrogens is 1. The van der Waals surface area contributed by atoms with E-state index in [1.807, 2.05) is 30.3 Å². The number of hydrogen-bond acceptors (Lipinski definition) is 6. The van der Waals surface area contributed by atoms with Crippen LogP contribution in [0.15, 0.2) is 97.1 Å². The molecule has 0 aliphatic carbocycles. The Kier molecular flexibility index (Phi) is 6.74. The van der Waals surface area contributed by atoms with Gasteiger partial charge in [-0.05, 0) is 52.1 Å². The second kappa shape index (κ2) is 10.5. The summed E-state index contributed by atoms with van der Waals surface area (Å²) in [6.45, 7) is 2.41. The summed E-state index contributed by atoms with van der Waals surface area (Å²) < 4.78 is 5.69. The Morgan fingerprint density at radius 1 is 0.865 bits per heavy atom. The lowest BCUT2D eigenvalue weighted by Crippen LogP contribution is -2.41. The van der Waals surface area contributed by atoms with Crippen molar-refractivity contribution in [2.75, 3.05) is 13.1 Å². The summed E-state index contributed by atoms with van der Waals surface area (Å²) in [5, 5.41) is 20.9. The number of nitrogens with zero attached hydrogens (tertiary/aromatic N) is 3. The minimum absolute atomic E-state index is 0.0955. The molecule has 0 bridgehead atoms. The van der Waals surface area contributed by atoms with Crippen LogP contribution in [-0.4, -0.2) is 39.8 Å². The van der Waals surface area contributed by atoms with Gasteiger partial charge in [0.1, 0.15) is 4.75 Å². The number of aromatic nitrogens is 4. The van der Waals surface area contributed by atoms with Gasteiger partial charge in [0.2, 0.25) is 0 Å². The standard InChI is InChI=1S/C30H29N5OS/c37-30(29-32-34-35-33-29,25-8-2-1-3-9-25)26-14-12-23(13-15-26)27-16-17-31-19-28(27)36-20-21-10-11-22-6-4-5-7-24(22)18-21/h1-15,18,27-28,31,37H,16-17,19-20H2,(H,32,33,34,35). The second-order valence-electron chi connectivity index (χ2n) is 9.56. The van der Waals surface area contributed by atoms with Gasteiger partial charge in [-0.3, -0.25) is 0 Å². The third-order valence-corrected chi connectivity index (χ3v) is 8.04. The van der Waals surface area contributed by atoms with Crippen molar-refractivity contribution in [2.24, 2.45) is 0 Å². The number of benzene rings is 4. The van der Waals surface area contributed by atoms with E-state index < -0.39 is 4.75 Å². The molecule has 5 aromatic rings. The van der Waals surface area contributed by atoms with Crippen LogP contribution >= 0.6 is 12.6 Å². The van der Waals surface area contributed by atoms with Gasteiger partial charge in [-0.25, -0.2) is 0 Å². The molecule has 0 amide bonds. The molecule has 3 atom stereocenters. The van der Waals surface area contributed by atoms with E-state index >= 15 is 0 Å². The largest absolute Gasteiger partial charge is 0.372 e. The Morgan fingerprint density at radius 3 is 2.41 bits per heavy atom. The molecule has 0 spiro atoms. The predicted octanol–water partition coefficient (Wildman–Crippen LogP) is 5.24. The maximum absolute atomic E-state index is 6.50. The molecule has 6 rings (SSSR count). The van der Waals surface area contributed by atoms with Crippen molar-refractivity contribution >= 4 is 23.4 Å². The number of fused-ring (bicyclic) bond motifs is 1. The topological polar surface area (TPSA) is 75.7 Å². The quantitative estimate of drug-likeness (QED) is 0.263. The molecule has 3 unspecified atom stereocenters. The van der Waals surface area contributed by atoms with Gasteiger partial charge >= 0.3 is 0 Å². The Balaban J connectivity index is 1.23. The van der Waals surface area contributed by atoms with E-state index in [1.54, 1.807) is 0 Å². The monoisotopic (exact) mass is 507 g/mol. The lowest BCUT2D eigenvalue weighted by atomic mass is 9.84. The lowest BCUT2D eigenvalue weighted by molar-refractivity contribution is 0.0106. The average molecular weight is 508 g/mol. The van der Waals surface area contributed by atoms with Crippen molar-refractivity contribution < 1.29 is 4.74 Å². The predicted molar refractivity (Wildman–Crippen MR) is 149 cm³/mol. The van der Waals surface area contributed by atoms with Crippen molar-refractivity contribution in [3.8, 4) is 0 Å². The van der Waals surface area contributed by atoms with Crippen molar-refractivity contribution in [3.63, 3.8) is 0 Å². The first-order valence-electron chi connectivity index (χ1n) is 12.6. The maximum Gasteiger partial charge on any atom is 0.199 e. The van der Waals surface area contributed by atoms with Crippen molar-refractivity contribution in [1.82, 2.24) is 25.9 Å². The highest BCUT2D eigenvalue weighted by Crippen LogP contribution is 2.41. The average Bonchev–Trinajstić information content (AvgIpc) is 3.52. The molecular formula is C30H29N5OS. The van der Waals surface area contributed by atoms with Crippen LogP contribution in [0, 0.1) is 0 Å². The van der Waals surface area contributed by atoms with E-state index in [-0.39, 0.29) is 6.10 Å². The van der Waals surface area contributed by atoms with Gasteiger partial charge in [0.25, 0.3) is 0 Å². The zero-order valence-electron chi connectivity index (χ0n) is 20.4. The second-order valence-corrected chi connectivity index (χ2v) is 10.2. The third kappa shape index (κ3) is 4.78. The number of ether oxygens (including phenoxy) is 1. The minimum atomic E-state index is -0.813. The first-order chi connectivity index (χ1) is 18.2. The van der Waals surface area contributed by atoms with Crippen LogP contribution in [0.1, 0.15) is 40.4 Å². The molecule has 2 heterocycles. The Labute approximate surface area is 221 Å². The molecule has 1 aliphatic heterocycles. The van der Waals surface area contributed by atoms with Crippen LogP contribution in [0.25, 0.3) is 10.8 Å². The summed E-state index contributed by atoms with van der Waals surface area (Å²) in [7, 11) is 0. The zero-order valence-corrected chi connectivity index (χ0v) is 21.3. The Hall–Kier alpha value is -3.52. The highest BCUT2D eigenvalue weighted by Gasteiger charge is 2.37. The first-order valence-corrected chi connectivity index (χ1v) is 13.1. The first kappa shape index (κ1) is 23.9. The summed E-state index contributed by atoms with van der Waals surface area (Å²) in [5.74, 6) is 0.834. The van der Waals surface area contributed by atoms with Gasteiger partial charge in [-0.2, -0.15) is 17.8 Å². The molecular weight excluding hydrogens is 478 g/mol. The molecule has 1 aliphatic rings. The van der Waals surface area contributed by atoms with Crippen LogP contribution in [0.2, 0.25) is 0 Å². The van der Waals surface area contributed by atoms with Gasteiger partial charge in [0, 0.05) is 12.5 Å². The fourth-order valence-corrected chi connectivity index (χ4v) is 5.70. The van der Waals surface area contributed by atoms with E-state index in [1.165, 1.54) is 21.9 Å². The van der Waals surface area contributed by atoms with Gasteiger partial charge in [0.15, 0.2) is 5.82 Å². The molecule has 186 valence electrons. The van der Waals surface area contributed by atoms with E-state index in [4.69, 9.17) is 17.4 Å². The number of piperidine rings is 1. The summed E-state index contributed by atoms with van der Waals surface area (Å²) >= 11 is 5.11. The van der Waals surface area contributed by atoms with Crippen molar-refractivity contribution in [2.45, 2.75) is 29.8 Å². The molecule has 7 heteroatoms. The van der Waals surface area contributed by atoms with E-state index in [0.717, 1.165) is 30.6 Å². The normalized spacial score (nSPS) is 19.5. The maximum atomic E-state index is 6.50. The van der Waals surface area contributed by atoms with Gasteiger partial charge in [-0.1, -0.05) is 96.2 Å². The number of hydrogen-bond donors (Lipinski definition) is 3. The van der Waals surface area contributed by atoms with Gasteiger partial charge in [0.05, 0.1) is 12.7 Å². The smallest absolute Gasteiger partial charge is 0.199 e. The van der Waals surface area contributed by atoms with Gasteiger partial charge in [-0.15, -0.1) is 10.2 Å². The molecule has 1 fully saturated rings. The lowest BCUT2D eigenvalue weighted by Gasteiger charge is -2.33. The molecule has 2 N–H and O–H groups in total. The molecule has 1 saturated heterocycles. The van der Waals surface area contributed by atoms with Crippen molar-refractivity contribution in [1.29, 1.82) is 0 Å². The van der Waals surface area contributed by atoms with Gasteiger partial charge < -0.3 is 10.1 Å². The third-order valence-electron chi connectivity index (χ3n) is 7.32. The highest BCUT2D eigenvalue weighted by molar-refractivity contribution is 7.81. The number of thiol groups is 1. The summed E-state index contributed by atoms with van der Waals surface area (Å²) in [4.78, 5) is 0. The van der Waals surface area contributed by atoms with Crippen LogP contribution in [0.3, 0.4) is 0 Å². The number of tetrazole rings is 1. The molecule has 1 aromatic heterocycles. The van der Waals surface area contributed by atoms with Crippen LogP contribution in [0.4, 0.5) is 0 Å². The van der Waals surface area contributed by atoms with Crippen LogP contribution < -0.4 is 5.32 Å². The molecule has 4 aromatic carbocycles. The molecule has 0 radical (unpaired) electrons. The van der Waals surface area contributed by atoms with E-state index in [2.05, 4.69) is 92.7 Å². The van der Waals surface area contributed by atoms with E-state index in [9.17, 15) is 0 Å². The Morgan fingerprint density at radius 2 is 1.62 bits per heavy atom. The fourth-order valence-electron chi connectivity index (χ4n) is 5.31. The summed E-state index contributed by atoms with van der Waals surface area (Å²) in [6, 6.07) is 33.7. The highest BCUT2D eigenvalue weighted by atomic mass is 32.1.